The maximum absolute atomic E-state index is 5.91. The number of hydrogen-bond acceptors (Lipinski definition) is 4. The van der Waals surface area contributed by atoms with Crippen molar-refractivity contribution in [2.75, 3.05) is 11.7 Å². The molecule has 0 unspecified atom stereocenters. The number of aromatic nitrogens is 2. The Balaban J connectivity index is 1.52. The molecule has 2 aliphatic rings. The smallest absolute Gasteiger partial charge is 0.231 e. The number of aryl methyl sites for hydroxylation is 2. The van der Waals surface area contributed by atoms with Crippen LogP contribution in [0.3, 0.4) is 0 Å². The highest BCUT2D eigenvalue weighted by Crippen LogP contribution is 2.46. The van der Waals surface area contributed by atoms with Crippen molar-refractivity contribution in [1.82, 2.24) is 14.9 Å². The average Bonchev–Trinajstić information content (AvgIpc) is 3.55. The number of rotatable bonds is 4. The fourth-order valence-electron chi connectivity index (χ4n) is 5.26. The van der Waals surface area contributed by atoms with Crippen LogP contribution in [-0.4, -0.2) is 21.5 Å². The van der Waals surface area contributed by atoms with Crippen molar-refractivity contribution < 1.29 is 9.47 Å². The van der Waals surface area contributed by atoms with Crippen LogP contribution in [0, 0.1) is 20.8 Å². The number of pyridine rings is 1. The van der Waals surface area contributed by atoms with Gasteiger partial charge in [0, 0.05) is 35.0 Å². The maximum Gasteiger partial charge on any atom is 0.231 e. The van der Waals surface area contributed by atoms with E-state index in [2.05, 4.69) is 76.9 Å². The maximum atomic E-state index is 5.91. The number of benzene rings is 2. The molecule has 1 saturated heterocycles. The number of ether oxygens (including phenoxy) is 2. The van der Waals surface area contributed by atoms with E-state index in [1.165, 1.54) is 28.2 Å². The van der Waals surface area contributed by atoms with Crippen molar-refractivity contribution in [1.29, 1.82) is 0 Å². The predicted molar refractivity (Wildman–Crippen MR) is 140 cm³/mol. The zero-order chi connectivity index (χ0) is 24.1. The molecular weight excluding hydrogens is 456 g/mol. The second kappa shape index (κ2) is 8.43. The van der Waals surface area contributed by atoms with Crippen LogP contribution in [0.4, 0.5) is 5.69 Å². The van der Waals surface area contributed by atoms with Crippen molar-refractivity contribution in [2.45, 2.75) is 32.9 Å². The summed E-state index contributed by atoms with van der Waals surface area (Å²) in [7, 11) is 0. The van der Waals surface area contributed by atoms with Crippen LogP contribution in [0.1, 0.15) is 40.3 Å². The van der Waals surface area contributed by atoms with Gasteiger partial charge in [0.2, 0.25) is 6.79 Å². The molecule has 1 fully saturated rings. The van der Waals surface area contributed by atoms with E-state index < -0.39 is 0 Å². The molecule has 0 radical (unpaired) electrons. The van der Waals surface area contributed by atoms with Gasteiger partial charge in [-0.05, 0) is 80.5 Å². The standard InChI is InChI=1S/C28H26N4O2S/c1-17-8-4-5-10-23(17)31-18(2)14-21(19(31)3)27-26(22-9-6-7-13-29-22)30-28(35)32(27)20-11-12-24-25(15-20)34-16-33-24/h4-15,26-27H,16H2,1-3H3,(H,30,35)/t26-,27-/m1/s1. The van der Waals surface area contributed by atoms with Gasteiger partial charge >= 0.3 is 0 Å². The molecule has 2 atom stereocenters. The number of nitrogens with zero attached hydrogens (tertiary/aromatic N) is 3. The molecule has 6 rings (SSSR count). The molecule has 0 amide bonds. The van der Waals surface area contributed by atoms with Crippen molar-refractivity contribution in [2.24, 2.45) is 0 Å². The van der Waals surface area contributed by atoms with Crippen LogP contribution in [0.25, 0.3) is 5.69 Å². The first-order chi connectivity index (χ1) is 17.0. The van der Waals surface area contributed by atoms with Gasteiger partial charge < -0.3 is 24.3 Å². The molecule has 6 nitrogen and oxygen atoms in total. The van der Waals surface area contributed by atoms with E-state index >= 15 is 0 Å². The molecule has 0 aliphatic carbocycles. The van der Waals surface area contributed by atoms with Crippen LogP contribution in [-0.2, 0) is 0 Å². The molecule has 4 heterocycles. The summed E-state index contributed by atoms with van der Waals surface area (Å²) in [6.07, 6.45) is 1.83. The number of fused-ring (bicyclic) bond motifs is 1. The van der Waals surface area contributed by atoms with E-state index in [1.54, 1.807) is 0 Å². The van der Waals surface area contributed by atoms with Crippen molar-refractivity contribution >= 4 is 23.0 Å². The molecule has 35 heavy (non-hydrogen) atoms. The predicted octanol–water partition coefficient (Wildman–Crippen LogP) is 5.70. The molecule has 1 N–H and O–H groups in total. The summed E-state index contributed by atoms with van der Waals surface area (Å²) in [5.74, 6) is 1.48. The second-order valence-corrected chi connectivity index (χ2v) is 9.37. The number of thiocarbonyl (C=S) groups is 1. The first kappa shape index (κ1) is 21.7. The van der Waals surface area contributed by atoms with Crippen LogP contribution >= 0.6 is 12.2 Å². The zero-order valence-electron chi connectivity index (χ0n) is 19.9. The summed E-state index contributed by atoms with van der Waals surface area (Å²) in [6, 6.07) is 22.5. The molecule has 176 valence electrons. The van der Waals surface area contributed by atoms with E-state index in [0.717, 1.165) is 22.9 Å². The topological polar surface area (TPSA) is 51.6 Å². The molecule has 0 bridgehead atoms. The molecule has 7 heteroatoms. The quantitative estimate of drug-likeness (QED) is 0.377. The molecule has 2 aliphatic heterocycles. The lowest BCUT2D eigenvalue weighted by Crippen LogP contribution is -2.29. The van der Waals surface area contributed by atoms with Crippen molar-refractivity contribution in [3.63, 3.8) is 0 Å². The van der Waals surface area contributed by atoms with E-state index in [0.29, 0.717) is 5.11 Å². The monoisotopic (exact) mass is 482 g/mol. The van der Waals surface area contributed by atoms with Crippen molar-refractivity contribution in [3.05, 3.63) is 101 Å². The van der Waals surface area contributed by atoms with Crippen LogP contribution in [0.2, 0.25) is 0 Å². The zero-order valence-corrected chi connectivity index (χ0v) is 20.7. The van der Waals surface area contributed by atoms with Gasteiger partial charge in [-0.25, -0.2) is 0 Å². The third-order valence-corrected chi connectivity index (χ3v) is 7.19. The van der Waals surface area contributed by atoms with Gasteiger partial charge in [-0.15, -0.1) is 0 Å². The summed E-state index contributed by atoms with van der Waals surface area (Å²) in [6.45, 7) is 6.72. The molecule has 0 spiro atoms. The van der Waals surface area contributed by atoms with E-state index in [-0.39, 0.29) is 18.9 Å². The van der Waals surface area contributed by atoms with Gasteiger partial charge in [0.15, 0.2) is 16.6 Å². The van der Waals surface area contributed by atoms with E-state index in [9.17, 15) is 0 Å². The Morgan fingerprint density at radius 2 is 1.74 bits per heavy atom. The summed E-state index contributed by atoms with van der Waals surface area (Å²) >= 11 is 5.91. The highest BCUT2D eigenvalue weighted by molar-refractivity contribution is 7.80. The van der Waals surface area contributed by atoms with E-state index in [1.807, 2.05) is 36.5 Å². The van der Waals surface area contributed by atoms with Crippen molar-refractivity contribution in [3.8, 4) is 17.2 Å². The minimum atomic E-state index is -0.111. The SMILES string of the molecule is Cc1ccccc1-n1c(C)cc([C@@H]2[C@@H](c3ccccn3)NC(=S)N2c2ccc3c(c2)OCO3)c1C. The lowest BCUT2D eigenvalue weighted by Gasteiger charge is -2.28. The molecule has 0 saturated carbocycles. The van der Waals surface area contributed by atoms with Gasteiger partial charge in [-0.1, -0.05) is 24.3 Å². The Morgan fingerprint density at radius 3 is 2.54 bits per heavy atom. The number of nitrogens with one attached hydrogen (secondary N) is 1. The highest BCUT2D eigenvalue weighted by atomic mass is 32.1. The fraction of sp³-hybridized carbons (Fsp3) is 0.214. The largest absolute Gasteiger partial charge is 0.454 e. The molecule has 2 aromatic heterocycles. The summed E-state index contributed by atoms with van der Waals surface area (Å²) in [4.78, 5) is 6.87. The van der Waals surface area contributed by atoms with Gasteiger partial charge in [-0.3, -0.25) is 4.98 Å². The highest BCUT2D eigenvalue weighted by Gasteiger charge is 2.42. The van der Waals surface area contributed by atoms with Gasteiger partial charge in [0.1, 0.15) is 0 Å². The van der Waals surface area contributed by atoms with Gasteiger partial charge in [0.25, 0.3) is 0 Å². The third kappa shape index (κ3) is 3.54. The minimum absolute atomic E-state index is 0.0956. The lowest BCUT2D eigenvalue weighted by atomic mass is 9.96. The Kier molecular flexibility index (Phi) is 5.22. The Labute approximate surface area is 210 Å². The lowest BCUT2D eigenvalue weighted by molar-refractivity contribution is 0.174. The molecule has 2 aromatic carbocycles. The Bertz CT molecular complexity index is 1430. The Hall–Kier alpha value is -3.84. The molecular formula is C28H26N4O2S. The van der Waals surface area contributed by atoms with Crippen LogP contribution in [0.5, 0.6) is 11.5 Å². The van der Waals surface area contributed by atoms with Gasteiger partial charge in [0.05, 0.1) is 17.8 Å². The number of anilines is 1. The van der Waals surface area contributed by atoms with Crippen LogP contribution < -0.4 is 19.7 Å². The fourth-order valence-corrected chi connectivity index (χ4v) is 5.60. The normalized spacial score (nSPS) is 18.7. The number of para-hydroxylation sites is 1. The second-order valence-electron chi connectivity index (χ2n) is 8.98. The first-order valence-corrected chi connectivity index (χ1v) is 12.1. The minimum Gasteiger partial charge on any atom is -0.454 e. The van der Waals surface area contributed by atoms with Crippen LogP contribution in [0.15, 0.2) is 72.9 Å². The number of hydrogen-bond donors (Lipinski definition) is 1. The first-order valence-electron chi connectivity index (χ1n) is 11.7. The van der Waals surface area contributed by atoms with E-state index in [4.69, 9.17) is 21.7 Å². The summed E-state index contributed by atoms with van der Waals surface area (Å²) < 4.78 is 13.5. The third-order valence-electron chi connectivity index (χ3n) is 6.88. The summed E-state index contributed by atoms with van der Waals surface area (Å²) in [5, 5.41) is 4.21. The molecule has 4 aromatic rings. The summed E-state index contributed by atoms with van der Waals surface area (Å²) in [5.41, 5.74) is 7.88. The van der Waals surface area contributed by atoms with Gasteiger partial charge in [-0.2, -0.15) is 0 Å². The Morgan fingerprint density at radius 1 is 0.943 bits per heavy atom. The average molecular weight is 483 g/mol.